The van der Waals surface area contributed by atoms with Crippen LogP contribution in [0.15, 0.2) is 17.8 Å². The summed E-state index contributed by atoms with van der Waals surface area (Å²) in [4.78, 5) is 8.43. The van der Waals surface area contributed by atoms with Gasteiger partial charge in [0.05, 0.1) is 5.69 Å². The Balaban J connectivity index is 1.75. The van der Waals surface area contributed by atoms with Gasteiger partial charge in [-0.3, -0.25) is 9.30 Å². The molecule has 116 valence electrons. The van der Waals surface area contributed by atoms with Gasteiger partial charge in [0, 0.05) is 49.0 Å². The lowest BCUT2D eigenvalue weighted by atomic mass is 9.91. The van der Waals surface area contributed by atoms with Crippen LogP contribution in [0.1, 0.15) is 39.8 Å². The van der Waals surface area contributed by atoms with Gasteiger partial charge in [-0.15, -0.1) is 11.3 Å². The number of hydrogen-bond donors (Lipinski definition) is 1. The van der Waals surface area contributed by atoms with Gasteiger partial charge in [-0.25, -0.2) is 4.98 Å². The summed E-state index contributed by atoms with van der Waals surface area (Å²) < 4.78 is 2.13. The highest BCUT2D eigenvalue weighted by molar-refractivity contribution is 7.15. The smallest absolute Gasteiger partial charge is 0.193 e. The molecule has 0 bridgehead atoms. The Bertz CT molecular complexity index is 572. The third-order valence-corrected chi connectivity index (χ3v) is 5.67. The molecule has 3 heterocycles. The van der Waals surface area contributed by atoms with E-state index in [1.54, 1.807) is 11.3 Å². The molecular weight excluding hydrogens is 280 g/mol. The molecule has 0 radical (unpaired) electrons. The van der Waals surface area contributed by atoms with E-state index in [1.165, 1.54) is 12.1 Å². The maximum Gasteiger partial charge on any atom is 0.193 e. The van der Waals surface area contributed by atoms with Crippen LogP contribution in [0.2, 0.25) is 0 Å². The molecule has 1 saturated heterocycles. The Hall–Kier alpha value is -0.910. The van der Waals surface area contributed by atoms with E-state index in [0.29, 0.717) is 12.0 Å². The summed E-state index contributed by atoms with van der Waals surface area (Å²) in [5.41, 5.74) is 1.36. The number of imidazole rings is 1. The minimum absolute atomic E-state index is 0.182. The first-order valence-electron chi connectivity index (χ1n) is 7.89. The van der Waals surface area contributed by atoms with Gasteiger partial charge < -0.3 is 5.32 Å². The molecule has 21 heavy (non-hydrogen) atoms. The lowest BCUT2D eigenvalue weighted by Gasteiger charge is -2.47. The van der Waals surface area contributed by atoms with Crippen molar-refractivity contribution in [3.05, 3.63) is 23.5 Å². The van der Waals surface area contributed by atoms with Crippen LogP contribution in [-0.2, 0) is 6.54 Å². The SMILES string of the molecule is CCC(C)C1CN(Cc2cn3ccsc3n2)C(C)(C)CN1. The molecule has 2 unspecified atom stereocenters. The van der Waals surface area contributed by atoms with Crippen LogP contribution < -0.4 is 5.32 Å². The largest absolute Gasteiger partial charge is 0.311 e. The summed E-state index contributed by atoms with van der Waals surface area (Å²) >= 11 is 1.70. The van der Waals surface area contributed by atoms with Crippen molar-refractivity contribution in [1.29, 1.82) is 0 Å². The predicted octanol–water partition coefficient (Wildman–Crippen LogP) is 2.99. The van der Waals surface area contributed by atoms with Crippen molar-refractivity contribution >= 4 is 16.3 Å². The summed E-state index contributed by atoms with van der Waals surface area (Å²) in [5, 5.41) is 5.82. The van der Waals surface area contributed by atoms with Crippen molar-refractivity contribution in [2.45, 2.75) is 52.2 Å². The molecule has 1 aliphatic heterocycles. The third-order valence-electron chi connectivity index (χ3n) is 4.90. The van der Waals surface area contributed by atoms with Crippen LogP contribution in [0, 0.1) is 5.92 Å². The molecule has 1 N–H and O–H groups in total. The summed E-state index contributed by atoms with van der Waals surface area (Å²) in [6, 6.07) is 0.590. The Morgan fingerprint density at radius 2 is 2.33 bits per heavy atom. The molecule has 2 atom stereocenters. The molecule has 0 saturated carbocycles. The fourth-order valence-electron chi connectivity index (χ4n) is 3.03. The van der Waals surface area contributed by atoms with Crippen molar-refractivity contribution in [3.8, 4) is 0 Å². The molecule has 3 rings (SSSR count). The fraction of sp³-hybridized carbons (Fsp3) is 0.688. The van der Waals surface area contributed by atoms with Crippen molar-refractivity contribution in [2.24, 2.45) is 5.92 Å². The van der Waals surface area contributed by atoms with Gasteiger partial charge in [-0.1, -0.05) is 20.3 Å². The zero-order valence-electron chi connectivity index (χ0n) is 13.5. The topological polar surface area (TPSA) is 32.6 Å². The van der Waals surface area contributed by atoms with E-state index < -0.39 is 0 Å². The van der Waals surface area contributed by atoms with Crippen LogP contribution in [0.5, 0.6) is 0 Å². The second kappa shape index (κ2) is 5.71. The van der Waals surface area contributed by atoms with Crippen LogP contribution in [0.4, 0.5) is 0 Å². The first-order valence-corrected chi connectivity index (χ1v) is 8.77. The van der Waals surface area contributed by atoms with Crippen LogP contribution in [0.25, 0.3) is 4.96 Å². The molecule has 0 spiro atoms. The lowest BCUT2D eigenvalue weighted by molar-refractivity contribution is 0.0439. The number of hydrogen-bond acceptors (Lipinski definition) is 4. The molecular formula is C16H26N4S. The molecule has 2 aromatic heterocycles. The van der Waals surface area contributed by atoms with Crippen molar-refractivity contribution < 1.29 is 0 Å². The molecule has 2 aromatic rings. The Labute approximate surface area is 131 Å². The van der Waals surface area contributed by atoms with Crippen LogP contribution in [-0.4, -0.2) is 39.0 Å². The summed E-state index contributed by atoms with van der Waals surface area (Å²) in [6.45, 7) is 12.4. The van der Waals surface area contributed by atoms with E-state index in [2.05, 4.69) is 60.1 Å². The number of nitrogens with one attached hydrogen (secondary N) is 1. The van der Waals surface area contributed by atoms with Gasteiger partial charge in [0.25, 0.3) is 0 Å². The highest BCUT2D eigenvalue weighted by Crippen LogP contribution is 2.25. The lowest BCUT2D eigenvalue weighted by Crippen LogP contribution is -2.62. The standard InChI is InChI=1S/C16H26N4S/c1-5-12(2)14-10-20(16(3,4)11-17-14)9-13-8-19-6-7-21-15(19)18-13/h6-8,12,14,17H,5,9-11H2,1-4H3. The van der Waals surface area contributed by atoms with Crippen LogP contribution >= 0.6 is 11.3 Å². The first-order chi connectivity index (χ1) is 9.99. The minimum Gasteiger partial charge on any atom is -0.311 e. The normalized spacial score (nSPS) is 24.5. The van der Waals surface area contributed by atoms with Crippen molar-refractivity contribution in [2.75, 3.05) is 13.1 Å². The van der Waals surface area contributed by atoms with Gasteiger partial charge >= 0.3 is 0 Å². The number of fused-ring (bicyclic) bond motifs is 1. The Kier molecular flexibility index (Phi) is 4.08. The quantitative estimate of drug-likeness (QED) is 0.942. The van der Waals surface area contributed by atoms with Gasteiger partial charge in [0.2, 0.25) is 0 Å². The van der Waals surface area contributed by atoms with E-state index in [1.807, 2.05) is 0 Å². The predicted molar refractivity (Wildman–Crippen MR) is 88.8 cm³/mol. The van der Waals surface area contributed by atoms with Gasteiger partial charge in [0.1, 0.15) is 0 Å². The van der Waals surface area contributed by atoms with E-state index in [4.69, 9.17) is 4.98 Å². The maximum atomic E-state index is 4.74. The molecule has 4 nitrogen and oxygen atoms in total. The maximum absolute atomic E-state index is 4.74. The third kappa shape index (κ3) is 3.00. The zero-order chi connectivity index (χ0) is 15.0. The number of rotatable bonds is 4. The molecule has 1 aliphatic rings. The van der Waals surface area contributed by atoms with Crippen molar-refractivity contribution in [3.63, 3.8) is 0 Å². The van der Waals surface area contributed by atoms with E-state index in [-0.39, 0.29) is 5.54 Å². The monoisotopic (exact) mass is 306 g/mol. The van der Waals surface area contributed by atoms with Gasteiger partial charge in [0.15, 0.2) is 4.96 Å². The molecule has 0 amide bonds. The molecule has 1 fully saturated rings. The average molecular weight is 306 g/mol. The highest BCUT2D eigenvalue weighted by Gasteiger charge is 2.35. The highest BCUT2D eigenvalue weighted by atomic mass is 32.1. The summed E-state index contributed by atoms with van der Waals surface area (Å²) in [6.07, 6.45) is 5.48. The minimum atomic E-state index is 0.182. The van der Waals surface area contributed by atoms with Crippen LogP contribution in [0.3, 0.4) is 0 Å². The second-order valence-electron chi connectivity index (χ2n) is 6.89. The van der Waals surface area contributed by atoms with E-state index in [0.717, 1.165) is 24.6 Å². The number of aromatic nitrogens is 2. The molecule has 0 aliphatic carbocycles. The number of piperazine rings is 1. The zero-order valence-corrected chi connectivity index (χ0v) is 14.3. The summed E-state index contributed by atoms with van der Waals surface area (Å²) in [5.74, 6) is 0.717. The first kappa shape index (κ1) is 15.0. The Morgan fingerprint density at radius 3 is 3.05 bits per heavy atom. The van der Waals surface area contributed by atoms with E-state index >= 15 is 0 Å². The van der Waals surface area contributed by atoms with Gasteiger partial charge in [-0.05, 0) is 19.8 Å². The fourth-order valence-corrected chi connectivity index (χ4v) is 3.75. The van der Waals surface area contributed by atoms with Crippen molar-refractivity contribution in [1.82, 2.24) is 19.6 Å². The van der Waals surface area contributed by atoms with Gasteiger partial charge in [-0.2, -0.15) is 0 Å². The summed E-state index contributed by atoms with van der Waals surface area (Å²) in [7, 11) is 0. The molecule has 5 heteroatoms. The Morgan fingerprint density at radius 1 is 1.52 bits per heavy atom. The number of thiazole rings is 1. The second-order valence-corrected chi connectivity index (χ2v) is 7.76. The average Bonchev–Trinajstić information content (AvgIpc) is 3.01. The van der Waals surface area contributed by atoms with E-state index in [9.17, 15) is 0 Å². The number of nitrogens with zero attached hydrogens (tertiary/aromatic N) is 3. The molecule has 0 aromatic carbocycles.